The van der Waals surface area contributed by atoms with Crippen molar-refractivity contribution in [1.29, 1.82) is 0 Å². The monoisotopic (exact) mass is 204 g/mol. The third-order valence-electron chi connectivity index (χ3n) is 1.95. The van der Waals surface area contributed by atoms with E-state index in [2.05, 4.69) is 20.3 Å². The van der Waals surface area contributed by atoms with Crippen LogP contribution in [0.4, 0.5) is 11.6 Å². The molecule has 0 aliphatic heterocycles. The van der Waals surface area contributed by atoms with Crippen LogP contribution in [0.2, 0.25) is 0 Å². The summed E-state index contributed by atoms with van der Waals surface area (Å²) in [5.74, 6) is 1.04. The van der Waals surface area contributed by atoms with E-state index < -0.39 is 0 Å². The van der Waals surface area contributed by atoms with Crippen molar-refractivity contribution in [1.82, 2.24) is 19.5 Å². The predicted molar refractivity (Wildman–Crippen MR) is 57.2 cm³/mol. The van der Waals surface area contributed by atoms with Crippen LogP contribution in [0.5, 0.6) is 0 Å². The van der Waals surface area contributed by atoms with Crippen LogP contribution in [0, 0.1) is 0 Å². The van der Waals surface area contributed by atoms with Gasteiger partial charge < -0.3 is 15.6 Å². The minimum absolute atomic E-state index is 0.420. The van der Waals surface area contributed by atoms with Gasteiger partial charge in [-0.25, -0.2) is 15.0 Å². The number of nitrogens with one attached hydrogen (secondary N) is 1. The molecule has 2 aromatic heterocycles. The Balaban J connectivity index is 1.86. The SMILES string of the molecule is Nc1nccnc1NCCn1ccnc1. The maximum Gasteiger partial charge on any atom is 0.168 e. The Morgan fingerprint density at radius 1 is 1.27 bits per heavy atom. The maximum absolute atomic E-state index is 5.62. The molecule has 0 aromatic carbocycles. The van der Waals surface area contributed by atoms with Crippen molar-refractivity contribution in [2.75, 3.05) is 17.6 Å². The summed E-state index contributed by atoms with van der Waals surface area (Å²) in [6, 6.07) is 0. The second-order valence-electron chi connectivity index (χ2n) is 3.02. The normalized spacial score (nSPS) is 10.1. The topological polar surface area (TPSA) is 81.6 Å². The lowest BCUT2D eigenvalue weighted by molar-refractivity contribution is 0.725. The molecular weight excluding hydrogens is 192 g/mol. The van der Waals surface area contributed by atoms with E-state index in [0.717, 1.165) is 13.1 Å². The van der Waals surface area contributed by atoms with Gasteiger partial charge >= 0.3 is 0 Å². The molecule has 6 nitrogen and oxygen atoms in total. The van der Waals surface area contributed by atoms with Crippen molar-refractivity contribution in [3.05, 3.63) is 31.1 Å². The first-order valence-electron chi connectivity index (χ1n) is 4.62. The van der Waals surface area contributed by atoms with Crippen molar-refractivity contribution < 1.29 is 0 Å². The van der Waals surface area contributed by atoms with Crippen LogP contribution in [0.1, 0.15) is 0 Å². The fraction of sp³-hybridized carbons (Fsp3) is 0.222. The Labute approximate surface area is 87.2 Å². The van der Waals surface area contributed by atoms with E-state index in [0.29, 0.717) is 11.6 Å². The number of hydrogen-bond acceptors (Lipinski definition) is 5. The lowest BCUT2D eigenvalue weighted by Crippen LogP contribution is -2.12. The number of rotatable bonds is 4. The molecule has 2 heterocycles. The molecule has 0 unspecified atom stereocenters. The van der Waals surface area contributed by atoms with Crippen molar-refractivity contribution >= 4 is 11.6 Å². The lowest BCUT2D eigenvalue weighted by atomic mass is 10.5. The molecule has 0 bridgehead atoms. The van der Waals surface area contributed by atoms with Gasteiger partial charge in [-0.2, -0.15) is 0 Å². The number of aromatic nitrogens is 4. The lowest BCUT2D eigenvalue weighted by Gasteiger charge is -2.06. The van der Waals surface area contributed by atoms with E-state index in [1.165, 1.54) is 0 Å². The largest absolute Gasteiger partial charge is 0.381 e. The van der Waals surface area contributed by atoms with Crippen molar-refractivity contribution in [2.24, 2.45) is 0 Å². The van der Waals surface area contributed by atoms with Gasteiger partial charge in [0.2, 0.25) is 0 Å². The molecule has 0 saturated heterocycles. The van der Waals surface area contributed by atoms with Gasteiger partial charge in [0, 0.05) is 37.9 Å². The Bertz CT molecular complexity index is 410. The number of nitrogens with zero attached hydrogens (tertiary/aromatic N) is 4. The van der Waals surface area contributed by atoms with Crippen LogP contribution in [0.3, 0.4) is 0 Å². The minimum Gasteiger partial charge on any atom is -0.381 e. The van der Waals surface area contributed by atoms with E-state index in [1.807, 2.05) is 10.8 Å². The molecule has 0 fully saturated rings. The van der Waals surface area contributed by atoms with Gasteiger partial charge in [-0.05, 0) is 0 Å². The Morgan fingerprint density at radius 2 is 2.13 bits per heavy atom. The number of anilines is 2. The Morgan fingerprint density at radius 3 is 2.87 bits per heavy atom. The van der Waals surface area contributed by atoms with Gasteiger partial charge in [-0.15, -0.1) is 0 Å². The van der Waals surface area contributed by atoms with Gasteiger partial charge in [0.15, 0.2) is 11.6 Å². The molecule has 2 aromatic rings. The van der Waals surface area contributed by atoms with Crippen LogP contribution >= 0.6 is 0 Å². The second kappa shape index (κ2) is 4.41. The highest BCUT2D eigenvalue weighted by atomic mass is 15.1. The summed E-state index contributed by atoms with van der Waals surface area (Å²) in [7, 11) is 0. The zero-order valence-electron chi connectivity index (χ0n) is 8.17. The molecule has 0 radical (unpaired) electrons. The fourth-order valence-electron chi connectivity index (χ4n) is 1.21. The highest BCUT2D eigenvalue weighted by Gasteiger charge is 1.98. The second-order valence-corrected chi connectivity index (χ2v) is 3.02. The Kier molecular flexibility index (Phi) is 2.77. The molecule has 0 saturated carbocycles. The summed E-state index contributed by atoms with van der Waals surface area (Å²) in [4.78, 5) is 11.9. The van der Waals surface area contributed by atoms with E-state index in [1.54, 1.807) is 24.9 Å². The molecule has 78 valence electrons. The van der Waals surface area contributed by atoms with Crippen LogP contribution in [-0.2, 0) is 6.54 Å². The van der Waals surface area contributed by atoms with Crippen molar-refractivity contribution in [2.45, 2.75) is 6.54 Å². The molecule has 3 N–H and O–H groups in total. The summed E-state index contributed by atoms with van der Waals surface area (Å²) in [6.07, 6.45) is 8.59. The highest BCUT2D eigenvalue weighted by molar-refractivity contribution is 5.54. The molecule has 0 aliphatic rings. The number of nitrogens with two attached hydrogens (primary N) is 1. The number of nitrogen functional groups attached to an aromatic ring is 1. The first-order valence-corrected chi connectivity index (χ1v) is 4.62. The van der Waals surface area contributed by atoms with Crippen LogP contribution < -0.4 is 11.1 Å². The summed E-state index contributed by atoms with van der Waals surface area (Å²) in [5.41, 5.74) is 5.62. The molecular formula is C9H12N6. The van der Waals surface area contributed by atoms with Crippen molar-refractivity contribution in [3.63, 3.8) is 0 Å². The molecule has 0 aliphatic carbocycles. The minimum atomic E-state index is 0.420. The third-order valence-corrected chi connectivity index (χ3v) is 1.95. The summed E-state index contributed by atoms with van der Waals surface area (Å²) >= 11 is 0. The van der Waals surface area contributed by atoms with E-state index in [-0.39, 0.29) is 0 Å². The third kappa shape index (κ3) is 2.43. The zero-order valence-corrected chi connectivity index (χ0v) is 8.17. The van der Waals surface area contributed by atoms with Gasteiger partial charge in [0.1, 0.15) is 0 Å². The predicted octanol–water partition coefficient (Wildman–Crippen LogP) is 0.367. The van der Waals surface area contributed by atoms with Crippen LogP contribution in [0.25, 0.3) is 0 Å². The van der Waals surface area contributed by atoms with E-state index in [9.17, 15) is 0 Å². The average Bonchev–Trinajstić information content (AvgIpc) is 2.74. The maximum atomic E-state index is 5.62. The van der Waals surface area contributed by atoms with Gasteiger partial charge in [-0.1, -0.05) is 0 Å². The first kappa shape index (κ1) is 9.45. The molecule has 0 atom stereocenters. The Hall–Kier alpha value is -2.11. The van der Waals surface area contributed by atoms with Gasteiger partial charge in [-0.3, -0.25) is 0 Å². The summed E-state index contributed by atoms with van der Waals surface area (Å²) in [6.45, 7) is 1.55. The molecule has 6 heteroatoms. The molecule has 0 spiro atoms. The van der Waals surface area contributed by atoms with Crippen LogP contribution in [0.15, 0.2) is 31.1 Å². The highest BCUT2D eigenvalue weighted by Crippen LogP contribution is 2.08. The molecule has 15 heavy (non-hydrogen) atoms. The van der Waals surface area contributed by atoms with Gasteiger partial charge in [0.25, 0.3) is 0 Å². The number of imidazole rings is 1. The molecule has 2 rings (SSSR count). The zero-order chi connectivity index (χ0) is 10.5. The fourth-order valence-corrected chi connectivity index (χ4v) is 1.21. The molecule has 0 amide bonds. The van der Waals surface area contributed by atoms with Gasteiger partial charge in [0.05, 0.1) is 6.33 Å². The van der Waals surface area contributed by atoms with E-state index >= 15 is 0 Å². The summed E-state index contributed by atoms with van der Waals surface area (Å²) < 4.78 is 1.97. The number of hydrogen-bond donors (Lipinski definition) is 2. The van der Waals surface area contributed by atoms with E-state index in [4.69, 9.17) is 5.73 Å². The smallest absolute Gasteiger partial charge is 0.168 e. The standard InChI is InChI=1S/C9H12N6/c10-8-9(13-2-1-12-8)14-4-6-15-5-3-11-7-15/h1-3,5,7H,4,6H2,(H2,10,12)(H,13,14). The van der Waals surface area contributed by atoms with Crippen LogP contribution in [-0.4, -0.2) is 26.1 Å². The summed E-state index contributed by atoms with van der Waals surface area (Å²) in [5, 5.41) is 3.10. The van der Waals surface area contributed by atoms with Crippen molar-refractivity contribution in [3.8, 4) is 0 Å². The quantitative estimate of drug-likeness (QED) is 0.751. The average molecular weight is 204 g/mol. The first-order chi connectivity index (χ1) is 7.36.